The molecule has 0 spiro atoms. The number of amides is 1. The van der Waals surface area contributed by atoms with E-state index < -0.39 is 0 Å². The molecule has 0 unspecified atom stereocenters. The van der Waals surface area contributed by atoms with E-state index >= 15 is 0 Å². The first-order chi connectivity index (χ1) is 12.7. The lowest BCUT2D eigenvalue weighted by Crippen LogP contribution is -2.28. The molecule has 2 aromatic carbocycles. The lowest BCUT2D eigenvalue weighted by Gasteiger charge is -2.10. The highest BCUT2D eigenvalue weighted by atomic mass is 16.5. The van der Waals surface area contributed by atoms with E-state index in [-0.39, 0.29) is 5.91 Å². The van der Waals surface area contributed by atoms with E-state index in [1.165, 1.54) is 0 Å². The summed E-state index contributed by atoms with van der Waals surface area (Å²) < 4.78 is 21.2. The fourth-order valence-electron chi connectivity index (χ4n) is 2.43. The van der Waals surface area contributed by atoms with Crippen LogP contribution in [0.2, 0.25) is 0 Å². The molecule has 2 aromatic rings. The highest BCUT2D eigenvalue weighted by molar-refractivity contribution is 5.76. The van der Waals surface area contributed by atoms with Gasteiger partial charge in [0.15, 0.2) is 11.5 Å². The molecule has 0 heterocycles. The summed E-state index contributed by atoms with van der Waals surface area (Å²) in [4.78, 5) is 12.0. The highest BCUT2D eigenvalue weighted by Gasteiger charge is 2.07. The molecule has 0 aromatic heterocycles. The average molecular weight is 359 g/mol. The Morgan fingerprint density at radius 1 is 0.923 bits per heavy atom. The van der Waals surface area contributed by atoms with Crippen molar-refractivity contribution in [2.45, 2.75) is 12.8 Å². The van der Waals surface area contributed by atoms with Gasteiger partial charge in [0, 0.05) is 12.5 Å². The Bertz CT molecular complexity index is 717. The summed E-state index contributed by atoms with van der Waals surface area (Å²) in [5, 5.41) is 2.85. The summed E-state index contributed by atoms with van der Waals surface area (Å²) in [6.45, 7) is 0.844. The predicted octanol–water partition coefficient (Wildman–Crippen LogP) is 2.84. The molecule has 1 N–H and O–H groups in total. The van der Waals surface area contributed by atoms with Crippen LogP contribution in [0.1, 0.15) is 12.0 Å². The Morgan fingerprint density at radius 3 is 2.42 bits per heavy atom. The van der Waals surface area contributed by atoms with Crippen LogP contribution in [0.3, 0.4) is 0 Å². The SMILES string of the molecule is COc1cccc(OCCNC(=O)CCc2ccc(OC)c(OC)c2)c1. The zero-order valence-electron chi connectivity index (χ0n) is 15.4. The Kier molecular flexibility index (Phi) is 7.61. The smallest absolute Gasteiger partial charge is 0.220 e. The molecule has 0 fully saturated rings. The van der Waals surface area contributed by atoms with E-state index in [0.717, 1.165) is 11.3 Å². The number of rotatable bonds is 10. The number of aryl methyl sites for hydroxylation is 1. The number of hydrogen-bond acceptors (Lipinski definition) is 5. The number of methoxy groups -OCH3 is 3. The fraction of sp³-hybridized carbons (Fsp3) is 0.350. The van der Waals surface area contributed by atoms with Crippen molar-refractivity contribution in [2.75, 3.05) is 34.5 Å². The second-order valence-electron chi connectivity index (χ2n) is 5.57. The third-order valence-electron chi connectivity index (χ3n) is 3.82. The average Bonchev–Trinajstić information content (AvgIpc) is 2.69. The quantitative estimate of drug-likeness (QED) is 0.661. The second kappa shape index (κ2) is 10.2. The molecule has 26 heavy (non-hydrogen) atoms. The van der Waals surface area contributed by atoms with Gasteiger partial charge < -0.3 is 24.3 Å². The van der Waals surface area contributed by atoms with E-state index in [1.807, 2.05) is 36.4 Å². The van der Waals surface area contributed by atoms with Crippen LogP contribution >= 0.6 is 0 Å². The van der Waals surface area contributed by atoms with Gasteiger partial charge in [-0.2, -0.15) is 0 Å². The van der Waals surface area contributed by atoms with Crippen molar-refractivity contribution >= 4 is 5.91 Å². The number of ether oxygens (including phenoxy) is 4. The van der Waals surface area contributed by atoms with E-state index in [4.69, 9.17) is 18.9 Å². The molecule has 0 bridgehead atoms. The van der Waals surface area contributed by atoms with Crippen molar-refractivity contribution in [3.05, 3.63) is 48.0 Å². The van der Waals surface area contributed by atoms with E-state index in [9.17, 15) is 4.79 Å². The third kappa shape index (κ3) is 5.88. The largest absolute Gasteiger partial charge is 0.497 e. The molecule has 0 saturated carbocycles. The number of benzene rings is 2. The van der Waals surface area contributed by atoms with E-state index in [2.05, 4.69) is 5.32 Å². The molecule has 0 aliphatic heterocycles. The van der Waals surface area contributed by atoms with Crippen molar-refractivity contribution in [1.82, 2.24) is 5.32 Å². The Balaban J connectivity index is 1.70. The van der Waals surface area contributed by atoms with Crippen molar-refractivity contribution in [1.29, 1.82) is 0 Å². The van der Waals surface area contributed by atoms with Crippen LogP contribution in [-0.2, 0) is 11.2 Å². The lowest BCUT2D eigenvalue weighted by molar-refractivity contribution is -0.121. The molecule has 0 aliphatic rings. The van der Waals surface area contributed by atoms with Gasteiger partial charge >= 0.3 is 0 Å². The summed E-state index contributed by atoms with van der Waals surface area (Å²) in [6, 6.07) is 13.0. The van der Waals surface area contributed by atoms with Crippen LogP contribution in [0.4, 0.5) is 0 Å². The molecule has 6 heteroatoms. The summed E-state index contributed by atoms with van der Waals surface area (Å²) in [5.41, 5.74) is 1.02. The zero-order valence-corrected chi connectivity index (χ0v) is 15.4. The van der Waals surface area contributed by atoms with Crippen molar-refractivity contribution in [3.8, 4) is 23.0 Å². The van der Waals surface area contributed by atoms with Gasteiger partial charge in [0.1, 0.15) is 18.1 Å². The molecule has 140 valence electrons. The molecule has 0 atom stereocenters. The zero-order chi connectivity index (χ0) is 18.8. The summed E-state index contributed by atoms with van der Waals surface area (Å²) >= 11 is 0. The van der Waals surface area contributed by atoms with Gasteiger partial charge in [-0.05, 0) is 36.2 Å². The van der Waals surface area contributed by atoms with Crippen molar-refractivity contribution < 1.29 is 23.7 Å². The molecule has 2 rings (SSSR count). The van der Waals surface area contributed by atoms with Crippen LogP contribution < -0.4 is 24.3 Å². The molecule has 0 aliphatic carbocycles. The topological polar surface area (TPSA) is 66.0 Å². The monoisotopic (exact) mass is 359 g/mol. The number of hydrogen-bond donors (Lipinski definition) is 1. The van der Waals surface area contributed by atoms with Crippen LogP contribution in [0.15, 0.2) is 42.5 Å². The fourth-order valence-corrected chi connectivity index (χ4v) is 2.43. The summed E-state index contributed by atoms with van der Waals surface area (Å²) in [5.74, 6) is 2.77. The van der Waals surface area contributed by atoms with Gasteiger partial charge in [-0.15, -0.1) is 0 Å². The minimum Gasteiger partial charge on any atom is -0.497 e. The Hall–Kier alpha value is -2.89. The molecule has 0 saturated heterocycles. The molecule has 1 amide bonds. The van der Waals surface area contributed by atoms with Crippen LogP contribution in [0, 0.1) is 0 Å². The van der Waals surface area contributed by atoms with Crippen molar-refractivity contribution in [3.63, 3.8) is 0 Å². The van der Waals surface area contributed by atoms with E-state index in [1.54, 1.807) is 27.4 Å². The van der Waals surface area contributed by atoms with Gasteiger partial charge in [-0.25, -0.2) is 0 Å². The lowest BCUT2D eigenvalue weighted by atomic mass is 10.1. The normalized spacial score (nSPS) is 10.1. The molecule has 0 radical (unpaired) electrons. The Labute approximate surface area is 154 Å². The maximum atomic E-state index is 12.0. The van der Waals surface area contributed by atoms with Gasteiger partial charge in [-0.3, -0.25) is 4.79 Å². The van der Waals surface area contributed by atoms with E-state index in [0.29, 0.717) is 43.2 Å². The minimum atomic E-state index is -0.0194. The molecule has 6 nitrogen and oxygen atoms in total. The summed E-state index contributed by atoms with van der Waals surface area (Å²) in [7, 11) is 4.80. The molecular formula is C20H25NO5. The van der Waals surface area contributed by atoms with Crippen LogP contribution in [-0.4, -0.2) is 40.4 Å². The number of carbonyl (C=O) groups is 1. The summed E-state index contributed by atoms with van der Waals surface area (Å²) in [6.07, 6.45) is 1.03. The van der Waals surface area contributed by atoms with Gasteiger partial charge in [-0.1, -0.05) is 12.1 Å². The maximum absolute atomic E-state index is 12.0. The first kappa shape index (κ1) is 19.4. The first-order valence-electron chi connectivity index (χ1n) is 8.40. The van der Waals surface area contributed by atoms with Crippen LogP contribution in [0.25, 0.3) is 0 Å². The Morgan fingerprint density at radius 2 is 1.69 bits per heavy atom. The van der Waals surface area contributed by atoms with Gasteiger partial charge in [0.05, 0.1) is 27.9 Å². The van der Waals surface area contributed by atoms with Gasteiger partial charge in [0.2, 0.25) is 5.91 Å². The minimum absolute atomic E-state index is 0.0194. The van der Waals surface area contributed by atoms with Gasteiger partial charge in [0.25, 0.3) is 0 Å². The number of nitrogens with one attached hydrogen (secondary N) is 1. The number of carbonyl (C=O) groups excluding carboxylic acids is 1. The van der Waals surface area contributed by atoms with Crippen LogP contribution in [0.5, 0.6) is 23.0 Å². The highest BCUT2D eigenvalue weighted by Crippen LogP contribution is 2.27. The third-order valence-corrected chi connectivity index (χ3v) is 3.82. The first-order valence-corrected chi connectivity index (χ1v) is 8.40. The second-order valence-corrected chi connectivity index (χ2v) is 5.57. The maximum Gasteiger partial charge on any atom is 0.220 e. The standard InChI is InChI=1S/C20H25NO5/c1-23-16-5-4-6-17(14-16)26-12-11-21-20(22)10-8-15-7-9-18(24-2)19(13-15)25-3/h4-7,9,13-14H,8,10-12H2,1-3H3,(H,21,22). The molecular weight excluding hydrogens is 334 g/mol. The predicted molar refractivity (Wildman–Crippen MR) is 99.4 cm³/mol. The van der Waals surface area contributed by atoms with Crippen molar-refractivity contribution in [2.24, 2.45) is 0 Å².